The van der Waals surface area contributed by atoms with Crippen molar-refractivity contribution in [1.82, 2.24) is 0 Å². The first kappa shape index (κ1) is 95.2. The van der Waals surface area contributed by atoms with Crippen molar-refractivity contribution >= 4 is 175 Å². The summed E-state index contributed by atoms with van der Waals surface area (Å²) >= 11 is 0. The van der Waals surface area contributed by atoms with Crippen LogP contribution in [0, 0.1) is 21.7 Å². The Morgan fingerprint density at radius 3 is 0.556 bits per heavy atom. The lowest BCUT2D eigenvalue weighted by atomic mass is 9.72. The average Bonchev–Trinajstić information content (AvgIpc) is 0.651. The topological polar surface area (TPSA) is 112 Å². The van der Waals surface area contributed by atoms with Gasteiger partial charge < -0.3 is 18.9 Å². The normalized spacial score (nSPS) is 14.2. The average molecular weight is 1900 g/mol. The van der Waals surface area contributed by atoms with E-state index < -0.39 is 23.6 Å². The number of ether oxygens (including phenoxy) is 4. The maximum absolute atomic E-state index is 16.6. The van der Waals surface area contributed by atoms with E-state index in [1.54, 1.807) is 0 Å². The van der Waals surface area contributed by atoms with Gasteiger partial charge in [-0.1, -0.05) is 352 Å². The second kappa shape index (κ2) is 32.9. The molecular weight excluding hydrogens is 1770 g/mol. The minimum absolute atomic E-state index is 0.0332. The number of fused-ring (bicyclic) bond motifs is 8. The van der Waals surface area contributed by atoms with Crippen LogP contribution in [0.5, 0.6) is 46.0 Å². The first-order valence-electron chi connectivity index (χ1n) is 52.2. The Morgan fingerprint density at radius 2 is 0.382 bits per heavy atom. The molecule has 0 spiro atoms. The van der Waals surface area contributed by atoms with Gasteiger partial charge in [0.1, 0.15) is 46.0 Å². The second-order valence-corrected chi connectivity index (χ2v) is 51.0. The lowest BCUT2D eigenvalue weighted by Gasteiger charge is -2.34. The molecule has 2 aliphatic heterocycles. The predicted octanol–water partition coefficient (Wildman–Crippen LogP) is 38.5. The molecule has 0 saturated heterocycles. The first-order valence-corrected chi connectivity index (χ1v) is 52.2. The van der Waals surface area contributed by atoms with Crippen LogP contribution in [0.1, 0.15) is 329 Å². The number of hydrogen-bond acceptors (Lipinski definition) is 8. The Hall–Kier alpha value is -13.7. The standard InChI is InChI=1S/C134H134N2O8/c1-71(2)83-31-29-32-84(72(3)4)121(83)135-123(137)99-63-103(141-79-43-35-75(36-44-79)131(21,22)67-127(9,10)11)115-95-59-55-91-87-51-53-89-93-57-61-97-112-98(62-58-94(110(93)112)90-54-52-88(107(87)108(89)90)92-56-60-96(111(95)109(91)92)116-104(64-100(124(135)138)113(99)119(115)116)142-80-45-37-76(38-46-80)132(23,24)68-128(12,13)14)118-106(144-82-49-41-78(42-50-82)134(27,28)70-130(18,19)20)66-102-114-101(125(139)136(126(102)140)122-85(73(5)6)33-30-34-86(122)74(7)8)65-105(117(97)120(114)118)143-81-47-39-77(40-48-81)133(25,26)69-129(15,16)17/h29-66,71-74H,67-70H2,1-28H3. The largest absolute Gasteiger partial charge is 0.457 e. The molecular formula is C134H134N2O8. The number of rotatable bonds is 22. The summed E-state index contributed by atoms with van der Waals surface area (Å²) in [6.45, 7) is 63.0. The lowest BCUT2D eigenvalue weighted by Crippen LogP contribution is -2.42. The van der Waals surface area contributed by atoms with Crippen molar-refractivity contribution < 1.29 is 38.1 Å². The van der Waals surface area contributed by atoms with Crippen LogP contribution in [0.2, 0.25) is 0 Å². The van der Waals surface area contributed by atoms with Crippen LogP contribution in [0.3, 0.4) is 0 Å². The zero-order valence-corrected chi connectivity index (χ0v) is 89.2. The molecule has 0 N–H and O–H groups in total. The van der Waals surface area contributed by atoms with Crippen molar-refractivity contribution in [3.05, 3.63) is 297 Å². The smallest absolute Gasteiger partial charge is 0.266 e. The van der Waals surface area contributed by atoms with E-state index in [0.717, 1.165) is 166 Å². The molecule has 0 unspecified atom stereocenters. The highest BCUT2D eigenvalue weighted by Crippen LogP contribution is 2.61. The van der Waals surface area contributed by atoms with E-state index in [2.05, 4.69) is 388 Å². The van der Waals surface area contributed by atoms with Crippen LogP contribution in [0.4, 0.5) is 11.4 Å². The zero-order chi connectivity index (χ0) is 102. The predicted molar refractivity (Wildman–Crippen MR) is 605 cm³/mol. The molecule has 0 saturated carbocycles. The van der Waals surface area contributed by atoms with Crippen molar-refractivity contribution in [1.29, 1.82) is 0 Å². The Balaban J connectivity index is 0.806. The molecule has 20 aromatic rings. The van der Waals surface area contributed by atoms with E-state index in [0.29, 0.717) is 101 Å². The number of imide groups is 2. The van der Waals surface area contributed by atoms with E-state index in [9.17, 15) is 0 Å². The van der Waals surface area contributed by atoms with Gasteiger partial charge in [0.2, 0.25) is 0 Å². The van der Waals surface area contributed by atoms with Gasteiger partial charge in [0.05, 0.1) is 33.6 Å². The van der Waals surface area contributed by atoms with E-state index in [-0.39, 0.29) is 67.0 Å². The molecule has 2 aliphatic rings. The van der Waals surface area contributed by atoms with Gasteiger partial charge in [-0.25, -0.2) is 9.80 Å². The molecule has 0 aliphatic carbocycles. The van der Waals surface area contributed by atoms with Crippen LogP contribution >= 0.6 is 0 Å². The molecule has 2 heterocycles. The van der Waals surface area contributed by atoms with Gasteiger partial charge in [-0.05, 0) is 307 Å². The molecule has 20 aromatic carbocycles. The Labute approximate surface area is 847 Å². The van der Waals surface area contributed by atoms with E-state index >= 15 is 19.2 Å². The Kier molecular flexibility index (Phi) is 21.8. The molecule has 0 fully saturated rings. The van der Waals surface area contributed by atoms with Crippen molar-refractivity contribution in [2.75, 3.05) is 9.80 Å². The number of para-hydroxylation sites is 2. The number of carbonyl (C=O) groups is 4. The molecule has 144 heavy (non-hydrogen) atoms. The van der Waals surface area contributed by atoms with Gasteiger partial charge in [-0.3, -0.25) is 19.2 Å². The van der Waals surface area contributed by atoms with Crippen molar-refractivity contribution in [2.24, 2.45) is 21.7 Å². The lowest BCUT2D eigenvalue weighted by molar-refractivity contribution is 0.0877. The molecule has 0 atom stereocenters. The van der Waals surface area contributed by atoms with Gasteiger partial charge >= 0.3 is 0 Å². The summed E-state index contributed by atoms with van der Waals surface area (Å²) in [6, 6.07) is 81.8. The summed E-state index contributed by atoms with van der Waals surface area (Å²) in [5, 5.41) is 24.3. The van der Waals surface area contributed by atoms with Crippen LogP contribution in [-0.4, -0.2) is 23.6 Å². The van der Waals surface area contributed by atoms with Crippen molar-refractivity contribution in [2.45, 2.75) is 265 Å². The molecule has 0 radical (unpaired) electrons. The molecule has 0 aromatic heterocycles. The summed E-state index contributed by atoms with van der Waals surface area (Å²) in [5.74, 6) is 2.58. The van der Waals surface area contributed by atoms with Gasteiger partial charge in [-0.2, -0.15) is 0 Å². The first-order chi connectivity index (χ1) is 67.8. The van der Waals surface area contributed by atoms with E-state index in [4.69, 9.17) is 18.9 Å². The van der Waals surface area contributed by atoms with Gasteiger partial charge in [0, 0.05) is 43.1 Å². The number of amides is 4. The van der Waals surface area contributed by atoms with Crippen molar-refractivity contribution in [3.63, 3.8) is 0 Å². The molecule has 10 nitrogen and oxygen atoms in total. The SMILES string of the molecule is CC(C)c1cccc(C(C)C)c1N1C(=O)c2cc(Oc3ccc(C(C)(C)CC(C)(C)C)cc3)c3c4ccc5c6ccc7c8ccc9c%10c(Oc%11ccc(C(C)(C)CC(C)(C)C)cc%11)cc%11c%12c(cc(Oc%13ccc(C(C)(C)CC(C)(C)C)cc%13)c(c%13ccc(c%14ccc(c%15ccc(c%16c(Oc%17ccc(C(C)(C)CC(C)(C)C)cc%17)cc(c2c3%16)C1=O)c4c5%15)c6c7%14)c8c9%13)c%12%10)C(=O)N(c1c(C(C)C)cccc1C(C)C)C%11=O. The van der Waals surface area contributed by atoms with Crippen LogP contribution in [-0.2, 0) is 21.7 Å². The molecule has 4 amide bonds. The molecule has 22 rings (SSSR count). The number of nitrogens with zero attached hydrogens (tertiary/aromatic N) is 2. The van der Waals surface area contributed by atoms with E-state index in [1.807, 2.05) is 36.4 Å². The Bertz CT molecular complexity index is 7780. The fourth-order valence-electron chi connectivity index (χ4n) is 27.1. The third kappa shape index (κ3) is 15.3. The van der Waals surface area contributed by atoms with Gasteiger partial charge in [0.15, 0.2) is 0 Å². The van der Waals surface area contributed by atoms with Crippen molar-refractivity contribution in [3.8, 4) is 46.0 Å². The van der Waals surface area contributed by atoms with Crippen LogP contribution < -0.4 is 28.7 Å². The minimum Gasteiger partial charge on any atom is -0.457 e. The highest BCUT2D eigenvalue weighted by molar-refractivity contribution is 6.52. The fourth-order valence-corrected chi connectivity index (χ4v) is 27.1. The number of benzene rings is 20. The third-order valence-corrected chi connectivity index (χ3v) is 31.6. The highest BCUT2D eigenvalue weighted by Gasteiger charge is 2.45. The molecule has 728 valence electrons. The molecule has 10 heteroatoms. The maximum Gasteiger partial charge on any atom is 0.266 e. The number of carbonyl (C=O) groups excluding carboxylic acids is 4. The number of anilines is 2. The summed E-state index contributed by atoms with van der Waals surface area (Å²) in [6.07, 6.45) is 3.85. The minimum atomic E-state index is -0.416. The second-order valence-electron chi connectivity index (χ2n) is 51.0. The fraction of sp³-hybridized carbons (Fsp3) is 0.328. The van der Waals surface area contributed by atoms with E-state index in [1.165, 1.54) is 32.1 Å². The highest BCUT2D eigenvalue weighted by atomic mass is 16.5. The number of hydrogen-bond donors (Lipinski definition) is 0. The third-order valence-electron chi connectivity index (χ3n) is 31.6. The van der Waals surface area contributed by atoms with Gasteiger partial charge in [0.25, 0.3) is 23.6 Å². The summed E-state index contributed by atoms with van der Waals surface area (Å²) in [5.41, 5.74) is 10.8. The van der Waals surface area contributed by atoms with Crippen LogP contribution in [0.25, 0.3) is 140 Å². The maximum atomic E-state index is 16.6. The Morgan fingerprint density at radius 1 is 0.208 bits per heavy atom. The molecule has 0 bridgehead atoms. The summed E-state index contributed by atoms with van der Waals surface area (Å²) in [4.78, 5) is 69.4. The summed E-state index contributed by atoms with van der Waals surface area (Å²) in [7, 11) is 0. The quantitative estimate of drug-likeness (QED) is 0.0375. The van der Waals surface area contributed by atoms with Gasteiger partial charge in [-0.15, -0.1) is 0 Å². The monoisotopic (exact) mass is 1900 g/mol. The van der Waals surface area contributed by atoms with Crippen LogP contribution in [0.15, 0.2) is 231 Å². The zero-order valence-electron chi connectivity index (χ0n) is 89.2. The summed E-state index contributed by atoms with van der Waals surface area (Å²) < 4.78 is 30.3.